The van der Waals surface area contributed by atoms with Crippen LogP contribution in [0.1, 0.15) is 79.2 Å². The Morgan fingerprint density at radius 1 is 0.895 bits per heavy atom. The summed E-state index contributed by atoms with van der Waals surface area (Å²) in [5.74, 6) is 2.65. The van der Waals surface area contributed by atoms with Crippen molar-refractivity contribution >= 4 is 16.9 Å². The summed E-state index contributed by atoms with van der Waals surface area (Å²) in [4.78, 5) is 17.3. The van der Waals surface area contributed by atoms with Crippen molar-refractivity contribution in [3.05, 3.63) is 95.3 Å². The van der Waals surface area contributed by atoms with Crippen LogP contribution in [-0.2, 0) is 13.0 Å². The molecule has 1 heterocycles. The van der Waals surface area contributed by atoms with E-state index in [-0.39, 0.29) is 5.91 Å². The number of unbranched alkanes of at least 4 members (excludes halogenated alkanes) is 3. The zero-order valence-electron chi connectivity index (χ0n) is 23.1. The van der Waals surface area contributed by atoms with Gasteiger partial charge in [-0.05, 0) is 80.0 Å². The third-order valence-electron chi connectivity index (χ3n) is 7.08. The lowest BCUT2D eigenvalue weighted by Gasteiger charge is -2.11. The van der Waals surface area contributed by atoms with Gasteiger partial charge in [-0.3, -0.25) is 4.79 Å². The molecule has 0 aliphatic rings. The highest BCUT2D eigenvalue weighted by Crippen LogP contribution is 2.20. The molecule has 0 bridgehead atoms. The molecule has 1 amide bonds. The summed E-state index contributed by atoms with van der Waals surface area (Å²) in [5, 5.41) is 3.06. The highest BCUT2D eigenvalue weighted by Gasteiger charge is 2.11. The van der Waals surface area contributed by atoms with Gasteiger partial charge >= 0.3 is 0 Å². The van der Waals surface area contributed by atoms with Crippen LogP contribution in [0.2, 0.25) is 0 Å². The number of benzene rings is 3. The molecule has 0 radical (unpaired) electrons. The summed E-state index contributed by atoms with van der Waals surface area (Å²) in [6, 6.07) is 24.6. The summed E-state index contributed by atoms with van der Waals surface area (Å²) in [6.45, 7) is 8.74. The van der Waals surface area contributed by atoms with E-state index in [1.165, 1.54) is 11.1 Å². The van der Waals surface area contributed by atoms with Crippen molar-refractivity contribution in [2.24, 2.45) is 0 Å². The van der Waals surface area contributed by atoms with Gasteiger partial charge in [-0.15, -0.1) is 0 Å². The smallest absolute Gasteiger partial charge is 0.251 e. The lowest BCUT2D eigenvalue weighted by atomic mass is 10.0. The monoisotopic (exact) mass is 511 g/mol. The molecule has 0 spiro atoms. The minimum Gasteiger partial charge on any atom is -0.494 e. The second-order valence-corrected chi connectivity index (χ2v) is 10.3. The average molecular weight is 512 g/mol. The number of nitrogens with zero attached hydrogens (tertiary/aromatic N) is 2. The topological polar surface area (TPSA) is 56.2 Å². The number of carbonyl (C=O) groups is 1. The van der Waals surface area contributed by atoms with Crippen LogP contribution in [0.25, 0.3) is 11.0 Å². The minimum absolute atomic E-state index is 0.0152. The van der Waals surface area contributed by atoms with Crippen LogP contribution in [0.5, 0.6) is 5.75 Å². The van der Waals surface area contributed by atoms with Crippen molar-refractivity contribution in [2.75, 3.05) is 13.2 Å². The standard InChI is InChI=1S/C33H41N3O2/c1-25(2)27-18-20-28(21-19-27)38-24-12-11-23-36-31-16-9-8-15-30(31)35-32(36)17-5-4-10-22-34-33(37)29-14-7-6-13-26(29)3/h6-9,13-16,18-21,25H,4-5,10-12,17,22-24H2,1-3H3,(H,34,37). The first-order chi connectivity index (χ1) is 18.5. The van der Waals surface area contributed by atoms with Gasteiger partial charge in [-0.2, -0.15) is 0 Å². The van der Waals surface area contributed by atoms with Crippen molar-refractivity contribution in [2.45, 2.75) is 71.8 Å². The number of hydrogen-bond acceptors (Lipinski definition) is 3. The maximum atomic E-state index is 12.4. The molecule has 0 unspecified atom stereocenters. The second-order valence-electron chi connectivity index (χ2n) is 10.3. The SMILES string of the molecule is Cc1ccccc1C(=O)NCCCCCc1nc2ccccc2n1CCCCOc1ccc(C(C)C)cc1. The number of amides is 1. The number of fused-ring (bicyclic) bond motifs is 1. The fourth-order valence-corrected chi connectivity index (χ4v) is 4.79. The third kappa shape index (κ3) is 7.47. The molecule has 0 saturated carbocycles. The lowest BCUT2D eigenvalue weighted by molar-refractivity contribution is 0.0952. The van der Waals surface area contributed by atoms with E-state index in [1.807, 2.05) is 31.2 Å². The van der Waals surface area contributed by atoms with E-state index in [2.05, 4.69) is 72.3 Å². The summed E-state index contributed by atoms with van der Waals surface area (Å²) >= 11 is 0. The Morgan fingerprint density at radius 3 is 2.45 bits per heavy atom. The normalized spacial score (nSPS) is 11.3. The minimum atomic E-state index is 0.0152. The molecule has 1 N–H and O–H groups in total. The van der Waals surface area contributed by atoms with E-state index in [9.17, 15) is 4.79 Å². The first-order valence-corrected chi connectivity index (χ1v) is 14.0. The van der Waals surface area contributed by atoms with Crippen LogP contribution in [0.15, 0.2) is 72.8 Å². The van der Waals surface area contributed by atoms with E-state index in [4.69, 9.17) is 9.72 Å². The molecule has 0 aliphatic heterocycles. The van der Waals surface area contributed by atoms with Crippen molar-refractivity contribution in [3.63, 3.8) is 0 Å². The molecular weight excluding hydrogens is 470 g/mol. The second kappa shape index (κ2) is 13.8. The van der Waals surface area contributed by atoms with Gasteiger partial charge in [0.05, 0.1) is 17.6 Å². The zero-order valence-corrected chi connectivity index (χ0v) is 23.1. The first-order valence-electron chi connectivity index (χ1n) is 14.0. The molecule has 38 heavy (non-hydrogen) atoms. The number of aromatic nitrogens is 2. The van der Waals surface area contributed by atoms with Crippen LogP contribution in [-0.4, -0.2) is 28.6 Å². The van der Waals surface area contributed by atoms with Gasteiger partial charge < -0.3 is 14.6 Å². The number of para-hydroxylation sites is 2. The Hall–Kier alpha value is -3.60. The molecule has 0 saturated heterocycles. The number of ether oxygens (including phenoxy) is 1. The number of rotatable bonds is 14. The van der Waals surface area contributed by atoms with Gasteiger partial charge in [0, 0.05) is 25.1 Å². The number of hydrogen-bond donors (Lipinski definition) is 1. The molecule has 0 atom stereocenters. The van der Waals surface area contributed by atoms with Crippen molar-refractivity contribution in [1.82, 2.24) is 14.9 Å². The largest absolute Gasteiger partial charge is 0.494 e. The fourth-order valence-electron chi connectivity index (χ4n) is 4.79. The van der Waals surface area contributed by atoms with Crippen molar-refractivity contribution < 1.29 is 9.53 Å². The molecule has 0 aliphatic carbocycles. The Bertz CT molecular complexity index is 1310. The molecule has 4 rings (SSSR count). The van der Waals surface area contributed by atoms with Gasteiger partial charge in [0.15, 0.2) is 0 Å². The summed E-state index contributed by atoms with van der Waals surface area (Å²) in [5.41, 5.74) is 5.38. The maximum Gasteiger partial charge on any atom is 0.251 e. The average Bonchev–Trinajstić information content (AvgIpc) is 3.28. The van der Waals surface area contributed by atoms with Crippen LogP contribution >= 0.6 is 0 Å². The number of nitrogens with one attached hydrogen (secondary N) is 1. The highest BCUT2D eigenvalue weighted by atomic mass is 16.5. The molecule has 3 aromatic carbocycles. The zero-order chi connectivity index (χ0) is 26.7. The number of carbonyl (C=O) groups excluding carboxylic acids is 1. The Balaban J connectivity index is 1.21. The molecule has 5 nitrogen and oxygen atoms in total. The third-order valence-corrected chi connectivity index (χ3v) is 7.08. The van der Waals surface area contributed by atoms with E-state index >= 15 is 0 Å². The van der Waals surface area contributed by atoms with Crippen LogP contribution in [0, 0.1) is 6.92 Å². The summed E-state index contributed by atoms with van der Waals surface area (Å²) in [6.07, 6.45) is 6.06. The fraction of sp³-hybridized carbons (Fsp3) is 0.394. The van der Waals surface area contributed by atoms with Crippen LogP contribution in [0.4, 0.5) is 0 Å². The van der Waals surface area contributed by atoms with Gasteiger partial charge in [-0.1, -0.05) is 62.7 Å². The van der Waals surface area contributed by atoms with Gasteiger partial charge in [0.25, 0.3) is 5.91 Å². The van der Waals surface area contributed by atoms with Crippen molar-refractivity contribution in [1.29, 1.82) is 0 Å². The first kappa shape index (κ1) is 27.4. The number of imidazole rings is 1. The van der Waals surface area contributed by atoms with E-state index in [0.717, 1.165) is 79.9 Å². The Kier molecular flexibility index (Phi) is 9.97. The maximum absolute atomic E-state index is 12.4. The van der Waals surface area contributed by atoms with Gasteiger partial charge in [-0.25, -0.2) is 4.98 Å². The number of aryl methyl sites for hydroxylation is 3. The van der Waals surface area contributed by atoms with E-state index in [1.54, 1.807) is 0 Å². The summed E-state index contributed by atoms with van der Waals surface area (Å²) in [7, 11) is 0. The molecule has 4 aromatic rings. The molecule has 200 valence electrons. The van der Waals surface area contributed by atoms with E-state index in [0.29, 0.717) is 12.5 Å². The van der Waals surface area contributed by atoms with Crippen LogP contribution in [0.3, 0.4) is 0 Å². The highest BCUT2D eigenvalue weighted by molar-refractivity contribution is 5.95. The van der Waals surface area contributed by atoms with Gasteiger partial charge in [0.1, 0.15) is 11.6 Å². The predicted octanol–water partition coefficient (Wildman–Crippen LogP) is 7.47. The van der Waals surface area contributed by atoms with Crippen molar-refractivity contribution in [3.8, 4) is 5.75 Å². The quantitative estimate of drug-likeness (QED) is 0.179. The van der Waals surface area contributed by atoms with Gasteiger partial charge in [0.2, 0.25) is 0 Å². The lowest BCUT2D eigenvalue weighted by Crippen LogP contribution is -2.25. The summed E-state index contributed by atoms with van der Waals surface area (Å²) < 4.78 is 8.36. The molecule has 0 fully saturated rings. The molecule has 1 aromatic heterocycles. The predicted molar refractivity (Wildman–Crippen MR) is 156 cm³/mol. The van der Waals surface area contributed by atoms with E-state index < -0.39 is 0 Å². The molecule has 5 heteroatoms. The molecular formula is C33H41N3O2. The Labute approximate surface area is 227 Å². The van der Waals surface area contributed by atoms with Crippen LogP contribution < -0.4 is 10.1 Å². The Morgan fingerprint density at radius 2 is 1.66 bits per heavy atom.